The first-order chi connectivity index (χ1) is 7.41. The molecule has 5 heteroatoms. The van der Waals surface area contributed by atoms with Gasteiger partial charge < -0.3 is 10.8 Å². The van der Waals surface area contributed by atoms with E-state index in [4.69, 9.17) is 5.73 Å². The van der Waals surface area contributed by atoms with Crippen molar-refractivity contribution in [3.63, 3.8) is 0 Å². The molecule has 0 heterocycles. The highest BCUT2D eigenvalue weighted by atomic mass is 35.5. The van der Waals surface area contributed by atoms with Gasteiger partial charge in [0.25, 0.3) is 0 Å². The molecule has 0 fully saturated rings. The lowest BCUT2D eigenvalue weighted by molar-refractivity contribution is 0.119. The standard InChI is InChI=1S/C12H17F2NO.ClH/c1-7(2)5-11(16)12(15)9-4-3-8(13)6-10(9)14;/h3-4,6-7,11-12,16H,5,15H2,1-2H3;1H/t11-,12+;/m1./s1. The quantitative estimate of drug-likeness (QED) is 0.879. The van der Waals surface area contributed by atoms with Gasteiger partial charge in [0.1, 0.15) is 11.6 Å². The van der Waals surface area contributed by atoms with Gasteiger partial charge in [0, 0.05) is 11.6 Å². The van der Waals surface area contributed by atoms with Gasteiger partial charge in [0.05, 0.1) is 12.1 Å². The summed E-state index contributed by atoms with van der Waals surface area (Å²) in [5.74, 6) is -1.09. The average molecular weight is 266 g/mol. The fourth-order valence-electron chi connectivity index (χ4n) is 1.61. The molecule has 0 radical (unpaired) electrons. The molecule has 98 valence electrons. The molecule has 0 aliphatic heterocycles. The zero-order valence-corrected chi connectivity index (χ0v) is 10.7. The average Bonchev–Trinajstić information content (AvgIpc) is 2.15. The van der Waals surface area contributed by atoms with Crippen molar-refractivity contribution in [2.75, 3.05) is 0 Å². The van der Waals surface area contributed by atoms with Crippen molar-refractivity contribution < 1.29 is 13.9 Å². The van der Waals surface area contributed by atoms with Gasteiger partial charge in [-0.3, -0.25) is 0 Å². The van der Waals surface area contributed by atoms with Crippen LogP contribution in [0.1, 0.15) is 31.9 Å². The Kier molecular flexibility index (Phi) is 6.60. The molecule has 0 aliphatic carbocycles. The molecule has 0 aromatic heterocycles. The predicted molar refractivity (Wildman–Crippen MR) is 66.0 cm³/mol. The third-order valence-electron chi connectivity index (χ3n) is 2.45. The topological polar surface area (TPSA) is 46.2 Å². The van der Waals surface area contributed by atoms with E-state index in [1.54, 1.807) is 0 Å². The molecule has 17 heavy (non-hydrogen) atoms. The van der Waals surface area contributed by atoms with Gasteiger partial charge >= 0.3 is 0 Å². The summed E-state index contributed by atoms with van der Waals surface area (Å²) in [6.07, 6.45) is -0.335. The normalized spacial score (nSPS) is 14.3. The van der Waals surface area contributed by atoms with Crippen LogP contribution in [0.5, 0.6) is 0 Å². The number of benzene rings is 1. The highest BCUT2D eigenvalue weighted by Gasteiger charge is 2.21. The summed E-state index contributed by atoms with van der Waals surface area (Å²) in [5, 5.41) is 9.75. The van der Waals surface area contributed by atoms with Crippen LogP contribution < -0.4 is 5.73 Å². The second-order valence-electron chi connectivity index (χ2n) is 4.39. The molecule has 0 saturated heterocycles. The van der Waals surface area contributed by atoms with Crippen LogP contribution in [-0.2, 0) is 0 Å². The Bertz CT molecular complexity index is 360. The second kappa shape index (κ2) is 6.89. The van der Waals surface area contributed by atoms with E-state index in [1.165, 1.54) is 6.07 Å². The van der Waals surface area contributed by atoms with Crippen molar-refractivity contribution in [3.05, 3.63) is 35.4 Å². The highest BCUT2D eigenvalue weighted by molar-refractivity contribution is 5.85. The Labute approximate surface area is 106 Å². The van der Waals surface area contributed by atoms with Gasteiger partial charge in [-0.25, -0.2) is 8.78 Å². The monoisotopic (exact) mass is 265 g/mol. The summed E-state index contributed by atoms with van der Waals surface area (Å²) in [5.41, 5.74) is 5.87. The molecular formula is C12H18ClF2NO. The second-order valence-corrected chi connectivity index (χ2v) is 4.39. The van der Waals surface area contributed by atoms with E-state index in [-0.39, 0.29) is 23.9 Å². The molecule has 1 aromatic carbocycles. The lowest BCUT2D eigenvalue weighted by Crippen LogP contribution is -2.28. The van der Waals surface area contributed by atoms with Crippen molar-refractivity contribution in [2.45, 2.75) is 32.4 Å². The summed E-state index contributed by atoms with van der Waals surface area (Å²) >= 11 is 0. The first kappa shape index (κ1) is 16.3. The van der Waals surface area contributed by atoms with Crippen LogP contribution in [0.25, 0.3) is 0 Å². The van der Waals surface area contributed by atoms with Gasteiger partial charge in [0.2, 0.25) is 0 Å². The molecule has 2 nitrogen and oxygen atoms in total. The van der Waals surface area contributed by atoms with E-state index in [1.807, 2.05) is 13.8 Å². The van der Waals surface area contributed by atoms with Crippen molar-refractivity contribution >= 4 is 12.4 Å². The minimum absolute atomic E-state index is 0. The van der Waals surface area contributed by atoms with Gasteiger partial charge in [-0.1, -0.05) is 19.9 Å². The fourth-order valence-corrected chi connectivity index (χ4v) is 1.61. The maximum absolute atomic E-state index is 13.4. The van der Waals surface area contributed by atoms with E-state index < -0.39 is 23.8 Å². The van der Waals surface area contributed by atoms with E-state index >= 15 is 0 Å². The number of hydrogen-bond acceptors (Lipinski definition) is 2. The molecule has 0 aliphatic rings. The third-order valence-corrected chi connectivity index (χ3v) is 2.45. The lowest BCUT2D eigenvalue weighted by atomic mass is 9.95. The van der Waals surface area contributed by atoms with Crippen molar-refractivity contribution in [1.29, 1.82) is 0 Å². The smallest absolute Gasteiger partial charge is 0.130 e. The number of rotatable bonds is 4. The molecule has 0 bridgehead atoms. The molecule has 0 saturated carbocycles. The van der Waals surface area contributed by atoms with Gasteiger partial charge in [-0.2, -0.15) is 0 Å². The molecule has 0 unspecified atom stereocenters. The molecular weight excluding hydrogens is 248 g/mol. The maximum Gasteiger partial charge on any atom is 0.130 e. The number of halogens is 3. The van der Waals surface area contributed by atoms with Crippen LogP contribution in [-0.4, -0.2) is 11.2 Å². The zero-order chi connectivity index (χ0) is 12.3. The van der Waals surface area contributed by atoms with Crippen molar-refractivity contribution in [2.24, 2.45) is 11.7 Å². The first-order valence-electron chi connectivity index (χ1n) is 5.30. The van der Waals surface area contributed by atoms with E-state index in [2.05, 4.69) is 0 Å². The predicted octanol–water partition coefficient (Wildman–Crippen LogP) is 2.79. The van der Waals surface area contributed by atoms with Gasteiger partial charge in [-0.15, -0.1) is 12.4 Å². The minimum Gasteiger partial charge on any atom is -0.391 e. The zero-order valence-electron chi connectivity index (χ0n) is 9.86. The summed E-state index contributed by atoms with van der Waals surface area (Å²) in [7, 11) is 0. The van der Waals surface area contributed by atoms with E-state index in [0.29, 0.717) is 6.42 Å². The first-order valence-corrected chi connectivity index (χ1v) is 5.30. The van der Waals surface area contributed by atoms with Crippen LogP contribution in [0.4, 0.5) is 8.78 Å². The SMILES string of the molecule is CC(C)C[C@@H](O)[C@@H](N)c1ccc(F)cc1F.Cl. The van der Waals surface area contributed by atoms with E-state index in [9.17, 15) is 13.9 Å². The number of aliphatic hydroxyl groups is 1. The van der Waals surface area contributed by atoms with Crippen LogP contribution in [0.15, 0.2) is 18.2 Å². The van der Waals surface area contributed by atoms with E-state index in [0.717, 1.165) is 12.1 Å². The lowest BCUT2D eigenvalue weighted by Gasteiger charge is -2.21. The Morgan fingerprint density at radius 1 is 1.29 bits per heavy atom. The summed E-state index contributed by atoms with van der Waals surface area (Å²) in [6, 6.07) is 2.37. The highest BCUT2D eigenvalue weighted by Crippen LogP contribution is 2.22. The van der Waals surface area contributed by atoms with Crippen LogP contribution in [0.3, 0.4) is 0 Å². The van der Waals surface area contributed by atoms with Crippen LogP contribution >= 0.6 is 12.4 Å². The third kappa shape index (κ3) is 4.58. The molecule has 1 rings (SSSR count). The van der Waals surface area contributed by atoms with Crippen molar-refractivity contribution in [1.82, 2.24) is 0 Å². The summed E-state index contributed by atoms with van der Waals surface area (Å²) in [4.78, 5) is 0. The largest absolute Gasteiger partial charge is 0.391 e. The Balaban J connectivity index is 0.00000256. The molecule has 0 amide bonds. The van der Waals surface area contributed by atoms with Crippen LogP contribution in [0, 0.1) is 17.6 Å². The molecule has 2 atom stereocenters. The Morgan fingerprint density at radius 2 is 1.88 bits per heavy atom. The Hall–Kier alpha value is -0.710. The number of aliphatic hydroxyl groups excluding tert-OH is 1. The van der Waals surface area contributed by atoms with Crippen LogP contribution in [0.2, 0.25) is 0 Å². The van der Waals surface area contributed by atoms with Gasteiger partial charge in [0.15, 0.2) is 0 Å². The number of nitrogens with two attached hydrogens (primary N) is 1. The minimum atomic E-state index is -0.819. The Morgan fingerprint density at radius 3 is 2.35 bits per heavy atom. The molecule has 0 spiro atoms. The fraction of sp³-hybridized carbons (Fsp3) is 0.500. The number of hydrogen-bond donors (Lipinski definition) is 2. The molecule has 3 N–H and O–H groups in total. The summed E-state index contributed by atoms with van der Waals surface area (Å²) in [6.45, 7) is 3.88. The van der Waals surface area contributed by atoms with Gasteiger partial charge in [-0.05, 0) is 18.4 Å². The molecule has 1 aromatic rings. The summed E-state index contributed by atoms with van der Waals surface area (Å²) < 4.78 is 26.0. The van der Waals surface area contributed by atoms with Crippen molar-refractivity contribution in [3.8, 4) is 0 Å². The maximum atomic E-state index is 13.4.